The summed E-state index contributed by atoms with van der Waals surface area (Å²) < 4.78 is 28.8. The van der Waals surface area contributed by atoms with Gasteiger partial charge in [-0.05, 0) is 12.1 Å². The van der Waals surface area contributed by atoms with Crippen molar-refractivity contribution in [3.63, 3.8) is 0 Å². The van der Waals surface area contributed by atoms with E-state index >= 15 is 0 Å². The van der Waals surface area contributed by atoms with Crippen LogP contribution in [0, 0.1) is 0 Å². The van der Waals surface area contributed by atoms with Crippen LogP contribution in [0.15, 0.2) is 42.7 Å². The Labute approximate surface area is 134 Å². The van der Waals surface area contributed by atoms with Gasteiger partial charge < -0.3 is 0 Å². The van der Waals surface area contributed by atoms with E-state index < -0.39 is 20.1 Å². The number of aromatic hydroxyl groups is 1. The Morgan fingerprint density at radius 1 is 1.26 bits per heavy atom. The van der Waals surface area contributed by atoms with Gasteiger partial charge in [0.25, 0.3) is 0 Å². The molecule has 1 amide bonds. The van der Waals surface area contributed by atoms with Crippen LogP contribution in [0.3, 0.4) is 0 Å². The first-order valence-corrected chi connectivity index (χ1v) is 9.65. The van der Waals surface area contributed by atoms with E-state index in [0.717, 1.165) is 6.29 Å². The van der Waals surface area contributed by atoms with E-state index in [0.29, 0.717) is 5.56 Å². The first-order valence-electron chi connectivity index (χ1n) is 6.26. The van der Waals surface area contributed by atoms with Gasteiger partial charge >= 0.3 is 88.1 Å². The Hall–Kier alpha value is -2.41. The molecular weight excluding hydrogens is 367 g/mol. The number of hydrogen-bond acceptors (Lipinski definition) is 5. The fraction of sp³-hybridized carbons (Fsp3) is 0.0714. The van der Waals surface area contributed by atoms with E-state index in [1.807, 2.05) is 0 Å². The Morgan fingerprint density at radius 2 is 1.96 bits per heavy atom. The topological polar surface area (TPSA) is 137 Å². The monoisotopic (exact) mass is 382 g/mol. The van der Waals surface area contributed by atoms with Crippen LogP contribution in [0.1, 0.15) is 17.3 Å². The summed E-state index contributed by atoms with van der Waals surface area (Å²) in [7, 11) is 0. The van der Waals surface area contributed by atoms with Crippen molar-refractivity contribution in [1.82, 2.24) is 4.98 Å². The maximum atomic E-state index is 11.1. The number of aromatic nitrogens is 1. The first kappa shape index (κ1) is 18.6. The molecule has 8 nitrogen and oxygen atoms in total. The molecule has 9 heteroatoms. The largest absolute Gasteiger partial charge is 0.298 e. The second-order valence-electron chi connectivity index (χ2n) is 4.30. The van der Waals surface area contributed by atoms with Crippen LogP contribution < -0.4 is 9.67 Å². The molecule has 0 radical (unpaired) electrons. The molecule has 0 aliphatic heterocycles. The van der Waals surface area contributed by atoms with Gasteiger partial charge in [-0.1, -0.05) is 0 Å². The van der Waals surface area contributed by atoms with Gasteiger partial charge in [0, 0.05) is 18.0 Å². The minimum absolute atomic E-state index is 0.225. The summed E-state index contributed by atoms with van der Waals surface area (Å²) in [6, 6.07) is 7.14. The molecule has 0 atom stereocenters. The molecule has 0 aliphatic carbocycles. The molecule has 122 valence electrons. The number of hydrogen-bond donors (Lipinski definition) is 4. The number of anilines is 1. The third kappa shape index (κ3) is 6.07. The summed E-state index contributed by atoms with van der Waals surface area (Å²) >= 11 is -5.14. The van der Waals surface area contributed by atoms with Gasteiger partial charge in [-0.25, -0.2) is 0 Å². The zero-order valence-corrected chi connectivity index (χ0v) is 14.0. The summed E-state index contributed by atoms with van der Waals surface area (Å²) in [4.78, 5) is 24.5. The third-order valence-electron chi connectivity index (χ3n) is 2.46. The molecule has 2 aromatic rings. The van der Waals surface area contributed by atoms with E-state index in [4.69, 9.17) is 8.19 Å². The number of phenolic OH excluding ortho intramolecular Hbond substituents is 1. The standard InChI is InChI=1S/C8H10AsNO5.C6H5NO/c1-5(11)10-8-6(9(13,14)15)3-2-4-7(8)12;8-5-6-2-1-3-7-4-6/h2-4,12H,1H3,(H,10,11)(H2,13,14,15);1-5H. The van der Waals surface area contributed by atoms with Crippen molar-refractivity contribution in [2.24, 2.45) is 0 Å². The number of carbonyl (C=O) groups is 2. The Balaban J connectivity index is 0.000000277. The van der Waals surface area contributed by atoms with Crippen LogP contribution >= 0.6 is 0 Å². The molecule has 0 saturated carbocycles. The number of nitrogens with zero attached hydrogens (tertiary/aromatic N) is 1. The van der Waals surface area contributed by atoms with Crippen LogP contribution in [0.4, 0.5) is 5.69 Å². The van der Waals surface area contributed by atoms with Gasteiger partial charge in [0.2, 0.25) is 0 Å². The van der Waals surface area contributed by atoms with Crippen LogP contribution in [0.2, 0.25) is 0 Å². The summed E-state index contributed by atoms with van der Waals surface area (Å²) in [5.41, 5.74) is 0.394. The minimum Gasteiger partial charge on any atom is -0.298 e. The number of benzene rings is 1. The van der Waals surface area contributed by atoms with Crippen molar-refractivity contribution >= 4 is 36.4 Å². The Kier molecular flexibility index (Phi) is 6.71. The molecule has 23 heavy (non-hydrogen) atoms. The molecule has 0 spiro atoms. The number of phenols is 1. The van der Waals surface area contributed by atoms with E-state index in [1.165, 1.54) is 31.3 Å². The van der Waals surface area contributed by atoms with Crippen molar-refractivity contribution < 1.29 is 26.6 Å². The van der Waals surface area contributed by atoms with Gasteiger partial charge in [-0.15, -0.1) is 0 Å². The summed E-state index contributed by atoms with van der Waals surface area (Å²) in [5, 5.41) is 11.5. The van der Waals surface area contributed by atoms with Crippen LogP contribution in [-0.4, -0.2) is 44.6 Å². The second-order valence-corrected chi connectivity index (χ2v) is 7.59. The molecule has 2 rings (SSSR count). The predicted octanol–water partition coefficient (Wildman–Crippen LogP) is -0.194. The van der Waals surface area contributed by atoms with E-state index in [2.05, 4.69) is 10.3 Å². The van der Waals surface area contributed by atoms with Gasteiger partial charge in [-0.3, -0.25) is 9.78 Å². The summed E-state index contributed by atoms with van der Waals surface area (Å²) in [6.45, 7) is 1.18. The number of carbonyl (C=O) groups excluding carboxylic acids is 2. The molecule has 0 saturated heterocycles. The molecule has 0 bridgehead atoms. The summed E-state index contributed by atoms with van der Waals surface area (Å²) in [5.74, 6) is -0.880. The van der Waals surface area contributed by atoms with Gasteiger partial charge in [-0.2, -0.15) is 0 Å². The average molecular weight is 382 g/mol. The maximum absolute atomic E-state index is 11.1. The number of para-hydroxylation sites is 1. The fourth-order valence-electron chi connectivity index (χ4n) is 1.52. The predicted molar refractivity (Wildman–Crippen MR) is 82.5 cm³/mol. The van der Waals surface area contributed by atoms with Crippen LogP contribution in [-0.2, 0) is 8.53 Å². The minimum atomic E-state index is -5.14. The number of nitrogens with one attached hydrogen (secondary N) is 1. The second kappa shape index (κ2) is 8.28. The first-order chi connectivity index (χ1) is 10.8. The molecule has 4 N–H and O–H groups in total. The van der Waals surface area contributed by atoms with E-state index in [1.54, 1.807) is 18.3 Å². The van der Waals surface area contributed by atoms with E-state index in [-0.39, 0.29) is 15.8 Å². The summed E-state index contributed by atoms with van der Waals surface area (Å²) in [6.07, 6.45) is 3.92. The Bertz CT molecular complexity index is 729. The number of amides is 1. The molecule has 0 unspecified atom stereocenters. The van der Waals surface area contributed by atoms with Crippen LogP contribution in [0.5, 0.6) is 5.75 Å². The van der Waals surface area contributed by atoms with Crippen molar-refractivity contribution in [3.8, 4) is 5.75 Å². The van der Waals surface area contributed by atoms with Crippen LogP contribution in [0.25, 0.3) is 0 Å². The Morgan fingerprint density at radius 3 is 2.39 bits per heavy atom. The van der Waals surface area contributed by atoms with Gasteiger partial charge in [0.05, 0.1) is 0 Å². The maximum Gasteiger partial charge on any atom is 0.151 e. The van der Waals surface area contributed by atoms with Crippen molar-refractivity contribution in [2.45, 2.75) is 6.92 Å². The van der Waals surface area contributed by atoms with Crippen molar-refractivity contribution in [1.29, 1.82) is 0 Å². The average Bonchev–Trinajstić information content (AvgIpc) is 2.49. The van der Waals surface area contributed by atoms with Crippen molar-refractivity contribution in [2.75, 3.05) is 5.32 Å². The van der Waals surface area contributed by atoms with Crippen molar-refractivity contribution in [3.05, 3.63) is 48.3 Å². The zero-order valence-electron chi connectivity index (χ0n) is 12.1. The number of pyridine rings is 1. The molecule has 1 aromatic heterocycles. The smallest absolute Gasteiger partial charge is 0.151 e. The molecule has 0 fully saturated rings. The SMILES string of the molecule is CC(=O)Nc1c(O)cccc1[As](=O)(O)O.O=Cc1cccnc1. The normalized spacial score (nSPS) is 10.2. The molecule has 0 aliphatic rings. The number of rotatable bonds is 3. The van der Waals surface area contributed by atoms with Gasteiger partial charge in [0.1, 0.15) is 0 Å². The number of aldehydes is 1. The fourth-order valence-corrected chi connectivity index (χ4v) is 3.08. The zero-order chi connectivity index (χ0) is 17.5. The molecule has 1 aromatic carbocycles. The molecular formula is C14H15AsN2O6. The van der Waals surface area contributed by atoms with E-state index in [9.17, 15) is 18.4 Å². The molecule has 1 heterocycles. The van der Waals surface area contributed by atoms with Gasteiger partial charge in [0.15, 0.2) is 6.29 Å². The third-order valence-corrected chi connectivity index (χ3v) is 4.55. The quantitative estimate of drug-likeness (QED) is 0.328.